The highest BCUT2D eigenvalue weighted by Gasteiger charge is 2.55. The largest absolute Gasteiger partial charge is 0.414 e. The average Bonchev–Trinajstić information content (AvgIpc) is 3.60. The molecule has 4 rings (SSSR count). The van der Waals surface area contributed by atoms with Crippen LogP contribution in [-0.4, -0.2) is 89.6 Å². The number of imidazole rings is 1. The molecular weight excluding hydrogens is 609 g/mol. The monoisotopic (exact) mass is 662 g/mol. The SMILES string of the molecule is CC(C)(C)[Si](C)(C)OC[C@H]1O[C@@H](n2cnc3c(-n4cncn4)nnnc32)[C@H](O[Si](C)(C)C(C)(C)C)[C@@H]1O[Si](C)(C)C(C)(C)C. The first kappa shape index (κ1) is 35.0. The van der Waals surface area contributed by atoms with Crippen LogP contribution in [0.4, 0.5) is 0 Å². The third-order valence-corrected chi connectivity index (χ3v) is 23.8. The third-order valence-electron chi connectivity index (χ3n) is 10.3. The van der Waals surface area contributed by atoms with Gasteiger partial charge in [0.2, 0.25) is 5.82 Å². The summed E-state index contributed by atoms with van der Waals surface area (Å²) < 4.78 is 31.8. The fourth-order valence-electron chi connectivity index (χ4n) is 4.30. The molecule has 44 heavy (non-hydrogen) atoms. The molecule has 12 nitrogen and oxygen atoms in total. The standard InChI is InChI=1S/C29H54N8O4Si3/c1-27(2,3)42(10,11)38-16-20-22(40-43(12,13)28(4,5)6)23(41-44(14,15)29(7,8)9)26(39-20)36-19-31-21-24(36)33-35-34-25(21)37-18-30-17-32-37/h17-20,22-23,26H,16H2,1-15H3/t20-,22-,23-,26-/m1/s1. The Labute approximate surface area is 266 Å². The molecule has 0 bridgehead atoms. The van der Waals surface area contributed by atoms with Gasteiger partial charge in [-0.25, -0.2) is 9.97 Å². The van der Waals surface area contributed by atoms with E-state index in [-0.39, 0.29) is 27.3 Å². The third kappa shape index (κ3) is 6.78. The molecule has 0 saturated carbocycles. The van der Waals surface area contributed by atoms with Crippen LogP contribution in [0.3, 0.4) is 0 Å². The van der Waals surface area contributed by atoms with Crippen molar-refractivity contribution in [2.45, 2.75) is 141 Å². The van der Waals surface area contributed by atoms with E-state index in [4.69, 9.17) is 23.0 Å². The van der Waals surface area contributed by atoms with E-state index in [9.17, 15) is 0 Å². The molecule has 1 aliphatic heterocycles. The van der Waals surface area contributed by atoms with Gasteiger partial charge in [-0.15, -0.1) is 10.2 Å². The Morgan fingerprint density at radius 1 is 0.773 bits per heavy atom. The normalized spacial score (nSPS) is 22.7. The van der Waals surface area contributed by atoms with E-state index in [2.05, 4.69) is 127 Å². The van der Waals surface area contributed by atoms with E-state index in [1.165, 1.54) is 11.0 Å². The van der Waals surface area contributed by atoms with Crippen LogP contribution < -0.4 is 0 Å². The highest BCUT2D eigenvalue weighted by molar-refractivity contribution is 6.75. The van der Waals surface area contributed by atoms with Crippen LogP contribution in [-0.2, 0) is 18.0 Å². The van der Waals surface area contributed by atoms with E-state index in [0.717, 1.165) is 0 Å². The number of nitrogens with zero attached hydrogens (tertiary/aromatic N) is 8. The van der Waals surface area contributed by atoms with Crippen LogP contribution in [0, 0.1) is 0 Å². The molecule has 4 heterocycles. The van der Waals surface area contributed by atoms with Crippen molar-refractivity contribution >= 4 is 36.1 Å². The maximum absolute atomic E-state index is 7.28. The van der Waals surface area contributed by atoms with Gasteiger partial charge in [0, 0.05) is 0 Å². The molecule has 3 aromatic rings. The summed E-state index contributed by atoms with van der Waals surface area (Å²) in [5, 5.41) is 16.9. The van der Waals surface area contributed by atoms with Crippen LogP contribution in [0.2, 0.25) is 54.4 Å². The molecule has 0 radical (unpaired) electrons. The molecule has 15 heteroatoms. The van der Waals surface area contributed by atoms with Gasteiger partial charge in [0.05, 0.1) is 12.9 Å². The van der Waals surface area contributed by atoms with Gasteiger partial charge >= 0.3 is 0 Å². The maximum atomic E-state index is 7.28. The number of hydrogen-bond acceptors (Lipinski definition) is 10. The fraction of sp³-hybridized carbons (Fsp3) is 0.793. The summed E-state index contributed by atoms with van der Waals surface area (Å²) in [6, 6.07) is 0. The molecule has 246 valence electrons. The molecular formula is C29H54N8O4Si3. The lowest BCUT2D eigenvalue weighted by Crippen LogP contribution is -2.54. The van der Waals surface area contributed by atoms with Crippen molar-refractivity contribution in [2.24, 2.45) is 0 Å². The first-order chi connectivity index (χ1) is 20.0. The Morgan fingerprint density at radius 2 is 1.34 bits per heavy atom. The fourth-order valence-corrected chi connectivity index (χ4v) is 7.92. The van der Waals surface area contributed by atoms with Crippen molar-refractivity contribution in [3.8, 4) is 5.82 Å². The van der Waals surface area contributed by atoms with Gasteiger partial charge < -0.3 is 18.0 Å². The van der Waals surface area contributed by atoms with Gasteiger partial charge in [0.25, 0.3) is 0 Å². The summed E-state index contributed by atoms with van der Waals surface area (Å²) in [6.07, 6.45) is 3.02. The van der Waals surface area contributed by atoms with E-state index in [1.54, 1.807) is 12.7 Å². The lowest BCUT2D eigenvalue weighted by Gasteiger charge is -2.44. The lowest BCUT2D eigenvalue weighted by atomic mass is 10.1. The Hall–Kier alpha value is -1.89. The summed E-state index contributed by atoms with van der Waals surface area (Å²) in [6.45, 7) is 34.3. The topological polar surface area (TPSA) is 124 Å². The summed E-state index contributed by atoms with van der Waals surface area (Å²) in [7, 11) is -6.67. The van der Waals surface area contributed by atoms with E-state index in [0.29, 0.717) is 23.6 Å². The van der Waals surface area contributed by atoms with Crippen LogP contribution in [0.15, 0.2) is 19.0 Å². The second-order valence-corrected chi connectivity index (χ2v) is 30.9. The molecule has 4 atom stereocenters. The molecule has 0 aliphatic carbocycles. The van der Waals surface area contributed by atoms with Crippen LogP contribution >= 0.6 is 0 Å². The summed E-state index contributed by atoms with van der Waals surface area (Å²) >= 11 is 0. The molecule has 0 aromatic carbocycles. The highest BCUT2D eigenvalue weighted by Crippen LogP contribution is 2.47. The van der Waals surface area contributed by atoms with Gasteiger partial charge in [0.1, 0.15) is 31.0 Å². The first-order valence-electron chi connectivity index (χ1n) is 15.5. The van der Waals surface area contributed by atoms with Gasteiger partial charge in [-0.1, -0.05) is 62.3 Å². The molecule has 1 aliphatic rings. The number of aromatic nitrogens is 8. The molecule has 0 spiro atoms. The zero-order valence-electron chi connectivity index (χ0n) is 29.5. The molecule has 3 aromatic heterocycles. The van der Waals surface area contributed by atoms with Crippen molar-refractivity contribution in [3.63, 3.8) is 0 Å². The lowest BCUT2D eigenvalue weighted by molar-refractivity contribution is -0.0471. The predicted molar refractivity (Wildman–Crippen MR) is 179 cm³/mol. The number of fused-ring (bicyclic) bond motifs is 1. The zero-order valence-corrected chi connectivity index (χ0v) is 32.5. The highest BCUT2D eigenvalue weighted by atomic mass is 28.4. The Bertz CT molecular complexity index is 1420. The van der Waals surface area contributed by atoms with Crippen LogP contribution in [0.25, 0.3) is 17.0 Å². The number of rotatable bonds is 9. The Kier molecular flexibility index (Phi) is 9.32. The molecule has 0 N–H and O–H groups in total. The minimum atomic E-state index is -2.31. The van der Waals surface area contributed by atoms with E-state index < -0.39 is 37.3 Å². The average molecular weight is 663 g/mol. The quantitative estimate of drug-likeness (QED) is 0.235. The maximum Gasteiger partial charge on any atom is 0.208 e. The van der Waals surface area contributed by atoms with Gasteiger partial charge in [-0.2, -0.15) is 9.78 Å². The predicted octanol–water partition coefficient (Wildman–Crippen LogP) is 6.50. The van der Waals surface area contributed by atoms with Gasteiger partial charge in [0.15, 0.2) is 42.3 Å². The van der Waals surface area contributed by atoms with Crippen LogP contribution in [0.1, 0.15) is 68.5 Å². The molecule has 0 unspecified atom stereocenters. The second-order valence-electron chi connectivity index (χ2n) is 16.6. The van der Waals surface area contributed by atoms with Gasteiger partial charge in [-0.05, 0) is 59.6 Å². The molecule has 1 fully saturated rings. The molecule has 0 amide bonds. The van der Waals surface area contributed by atoms with Crippen molar-refractivity contribution in [1.82, 2.24) is 39.7 Å². The zero-order chi connectivity index (χ0) is 33.1. The second kappa shape index (κ2) is 11.7. The van der Waals surface area contributed by atoms with Crippen molar-refractivity contribution in [3.05, 3.63) is 19.0 Å². The Morgan fingerprint density at radius 3 is 1.86 bits per heavy atom. The number of ether oxygens (including phenoxy) is 1. The summed E-state index contributed by atoms with van der Waals surface area (Å²) in [5.74, 6) is 0.443. The van der Waals surface area contributed by atoms with E-state index >= 15 is 0 Å². The minimum Gasteiger partial charge on any atom is -0.414 e. The van der Waals surface area contributed by atoms with E-state index in [1.807, 2.05) is 4.57 Å². The number of hydrogen-bond donors (Lipinski definition) is 0. The van der Waals surface area contributed by atoms with Gasteiger partial charge in [-0.3, -0.25) is 4.57 Å². The minimum absolute atomic E-state index is 0.0109. The van der Waals surface area contributed by atoms with Crippen molar-refractivity contribution in [2.75, 3.05) is 6.61 Å². The van der Waals surface area contributed by atoms with Crippen LogP contribution in [0.5, 0.6) is 0 Å². The van der Waals surface area contributed by atoms with Crippen molar-refractivity contribution < 1.29 is 18.0 Å². The first-order valence-corrected chi connectivity index (χ1v) is 24.3. The summed E-state index contributed by atoms with van der Waals surface area (Å²) in [4.78, 5) is 8.77. The smallest absolute Gasteiger partial charge is 0.208 e. The van der Waals surface area contributed by atoms with Crippen molar-refractivity contribution in [1.29, 1.82) is 0 Å². The Balaban J connectivity index is 1.85. The molecule has 1 saturated heterocycles. The summed E-state index contributed by atoms with van der Waals surface area (Å²) in [5.41, 5.74) is 1.07.